The van der Waals surface area contributed by atoms with Crippen molar-refractivity contribution in [2.75, 3.05) is 41.3 Å². The largest absolute Gasteiger partial charge is 0.497 e. The van der Waals surface area contributed by atoms with E-state index in [-0.39, 0.29) is 18.4 Å². The van der Waals surface area contributed by atoms with Gasteiger partial charge in [0.15, 0.2) is 0 Å². The number of carbonyl (C=O) groups excluding carboxylic acids is 1. The number of hydrogen-bond acceptors (Lipinski definition) is 4. The SMILES string of the molecule is COc1ccc(CN(C)C(=O)[C@@H]2CCCN(S(=O)(=O)N(C)C)C2)cc1. The number of hydrogen-bond donors (Lipinski definition) is 0. The van der Waals surface area contributed by atoms with Gasteiger partial charge in [0.05, 0.1) is 13.0 Å². The van der Waals surface area contributed by atoms with Crippen molar-refractivity contribution in [3.05, 3.63) is 29.8 Å². The molecule has 1 heterocycles. The first-order chi connectivity index (χ1) is 11.8. The number of benzene rings is 1. The van der Waals surface area contributed by atoms with Gasteiger partial charge in [-0.15, -0.1) is 0 Å². The van der Waals surface area contributed by atoms with Crippen LogP contribution in [-0.4, -0.2) is 69.2 Å². The lowest BCUT2D eigenvalue weighted by Crippen LogP contribution is -2.48. The summed E-state index contributed by atoms with van der Waals surface area (Å²) < 4.78 is 32.3. The van der Waals surface area contributed by atoms with E-state index >= 15 is 0 Å². The zero-order valence-electron chi connectivity index (χ0n) is 15.3. The minimum absolute atomic E-state index is 0.0190. The maximum atomic E-state index is 12.7. The highest BCUT2D eigenvalue weighted by Crippen LogP contribution is 2.22. The molecule has 2 rings (SSSR count). The van der Waals surface area contributed by atoms with Gasteiger partial charge in [-0.1, -0.05) is 12.1 Å². The number of ether oxygens (including phenoxy) is 1. The molecule has 7 nitrogen and oxygen atoms in total. The fourth-order valence-corrected chi connectivity index (χ4v) is 4.17. The van der Waals surface area contributed by atoms with Gasteiger partial charge < -0.3 is 9.64 Å². The third-order valence-electron chi connectivity index (χ3n) is 4.48. The summed E-state index contributed by atoms with van der Waals surface area (Å²) in [7, 11) is 2.91. The zero-order chi connectivity index (χ0) is 18.6. The maximum absolute atomic E-state index is 12.7. The molecular weight excluding hydrogens is 342 g/mol. The minimum Gasteiger partial charge on any atom is -0.497 e. The van der Waals surface area contributed by atoms with Gasteiger partial charge in [-0.2, -0.15) is 17.0 Å². The average Bonchev–Trinajstić information content (AvgIpc) is 2.61. The lowest BCUT2D eigenvalue weighted by Gasteiger charge is -2.34. The van der Waals surface area contributed by atoms with Crippen LogP contribution in [0.2, 0.25) is 0 Å². The highest BCUT2D eigenvalue weighted by molar-refractivity contribution is 7.86. The van der Waals surface area contributed by atoms with Crippen molar-refractivity contribution in [1.29, 1.82) is 0 Å². The molecule has 140 valence electrons. The molecule has 0 N–H and O–H groups in total. The summed E-state index contributed by atoms with van der Waals surface area (Å²) in [5.41, 5.74) is 1.00. The second-order valence-electron chi connectivity index (χ2n) is 6.53. The van der Waals surface area contributed by atoms with Crippen LogP contribution in [-0.2, 0) is 21.5 Å². The summed E-state index contributed by atoms with van der Waals surface area (Å²) in [5, 5.41) is 0. The molecule has 0 aromatic heterocycles. The van der Waals surface area contributed by atoms with E-state index in [1.54, 1.807) is 19.1 Å². The van der Waals surface area contributed by atoms with E-state index in [4.69, 9.17) is 4.74 Å². The van der Waals surface area contributed by atoms with Crippen LogP contribution in [0.3, 0.4) is 0 Å². The summed E-state index contributed by atoms with van der Waals surface area (Å²) in [6.07, 6.45) is 1.41. The number of amides is 1. The number of nitrogens with zero attached hydrogens (tertiary/aromatic N) is 3. The molecule has 0 bridgehead atoms. The van der Waals surface area contributed by atoms with Crippen molar-refractivity contribution in [1.82, 2.24) is 13.5 Å². The molecule has 1 amide bonds. The minimum atomic E-state index is -3.48. The molecular formula is C17H27N3O4S. The molecule has 8 heteroatoms. The molecule has 0 aliphatic carbocycles. The van der Waals surface area contributed by atoms with Crippen molar-refractivity contribution in [2.45, 2.75) is 19.4 Å². The van der Waals surface area contributed by atoms with Crippen molar-refractivity contribution in [2.24, 2.45) is 5.92 Å². The predicted octanol–water partition coefficient (Wildman–Crippen LogP) is 1.17. The Morgan fingerprint density at radius 1 is 1.24 bits per heavy atom. The lowest BCUT2D eigenvalue weighted by molar-refractivity contribution is -0.135. The highest BCUT2D eigenvalue weighted by Gasteiger charge is 2.34. The molecule has 0 saturated carbocycles. The van der Waals surface area contributed by atoms with Crippen LogP contribution in [0.25, 0.3) is 0 Å². The Labute approximate surface area is 150 Å². The van der Waals surface area contributed by atoms with E-state index in [1.165, 1.54) is 22.7 Å². The van der Waals surface area contributed by atoms with Crippen molar-refractivity contribution < 1.29 is 17.9 Å². The second kappa shape index (κ2) is 8.16. The van der Waals surface area contributed by atoms with E-state index in [9.17, 15) is 13.2 Å². The normalized spacial score (nSPS) is 19.0. The zero-order valence-corrected chi connectivity index (χ0v) is 16.1. The Balaban J connectivity index is 2.00. The third kappa shape index (κ3) is 4.71. The van der Waals surface area contributed by atoms with Crippen molar-refractivity contribution in [3.63, 3.8) is 0 Å². The Bertz CT molecular complexity index is 688. The number of methoxy groups -OCH3 is 1. The summed E-state index contributed by atoms with van der Waals surface area (Å²) >= 11 is 0. The van der Waals surface area contributed by atoms with Crippen LogP contribution in [0.4, 0.5) is 0 Å². The van der Waals surface area contributed by atoms with Crippen LogP contribution in [0.1, 0.15) is 18.4 Å². The molecule has 0 spiro atoms. The topological polar surface area (TPSA) is 70.2 Å². The van der Waals surface area contributed by atoms with Crippen LogP contribution >= 0.6 is 0 Å². The summed E-state index contributed by atoms with van der Waals surface area (Å²) in [4.78, 5) is 14.4. The third-order valence-corrected chi connectivity index (χ3v) is 6.38. The molecule has 1 aliphatic heterocycles. The monoisotopic (exact) mass is 369 g/mol. The summed E-state index contributed by atoms with van der Waals surface area (Å²) in [6.45, 7) is 1.19. The van der Waals surface area contributed by atoms with Gasteiger partial charge >= 0.3 is 0 Å². The molecule has 0 radical (unpaired) electrons. The van der Waals surface area contributed by atoms with Gasteiger partial charge in [-0.25, -0.2) is 0 Å². The number of carbonyl (C=O) groups is 1. The van der Waals surface area contributed by atoms with Crippen molar-refractivity contribution >= 4 is 16.1 Å². The summed E-state index contributed by atoms with van der Waals surface area (Å²) in [5.74, 6) is 0.454. The van der Waals surface area contributed by atoms with Gasteiger partial charge in [0, 0.05) is 40.8 Å². The van der Waals surface area contributed by atoms with Crippen LogP contribution in [0, 0.1) is 5.92 Å². The number of rotatable bonds is 6. The Hall–Kier alpha value is -1.64. The standard InChI is InChI=1S/C17H27N3O4S/c1-18(2)25(22,23)20-11-5-6-15(13-20)17(21)19(3)12-14-7-9-16(24-4)10-8-14/h7-10,15H,5-6,11-13H2,1-4H3/t15-/m1/s1. The molecule has 1 aromatic rings. The van der Waals surface area contributed by atoms with Crippen LogP contribution in [0.15, 0.2) is 24.3 Å². The van der Waals surface area contributed by atoms with Crippen LogP contribution in [0.5, 0.6) is 5.75 Å². The first kappa shape index (κ1) is 19.7. The van der Waals surface area contributed by atoms with E-state index in [0.29, 0.717) is 25.9 Å². The second-order valence-corrected chi connectivity index (χ2v) is 8.67. The first-order valence-corrected chi connectivity index (χ1v) is 9.71. The fraction of sp³-hybridized carbons (Fsp3) is 0.588. The van der Waals surface area contributed by atoms with E-state index in [2.05, 4.69) is 0 Å². The number of piperidine rings is 1. The molecule has 1 aromatic carbocycles. The molecule has 1 atom stereocenters. The molecule has 1 saturated heterocycles. The predicted molar refractivity (Wildman–Crippen MR) is 96.4 cm³/mol. The summed E-state index contributed by atoms with van der Waals surface area (Å²) in [6, 6.07) is 7.57. The van der Waals surface area contributed by atoms with Crippen molar-refractivity contribution in [3.8, 4) is 5.75 Å². The molecule has 1 aliphatic rings. The highest BCUT2D eigenvalue weighted by atomic mass is 32.2. The van der Waals surface area contributed by atoms with E-state index < -0.39 is 10.2 Å². The van der Waals surface area contributed by atoms with E-state index in [0.717, 1.165) is 11.3 Å². The Kier molecular flexibility index (Phi) is 6.42. The van der Waals surface area contributed by atoms with E-state index in [1.807, 2.05) is 24.3 Å². The quantitative estimate of drug-likeness (QED) is 0.755. The lowest BCUT2D eigenvalue weighted by atomic mass is 9.98. The molecule has 25 heavy (non-hydrogen) atoms. The fourth-order valence-electron chi connectivity index (χ4n) is 2.98. The Morgan fingerprint density at radius 3 is 2.44 bits per heavy atom. The maximum Gasteiger partial charge on any atom is 0.281 e. The van der Waals surface area contributed by atoms with Gasteiger partial charge in [0.25, 0.3) is 10.2 Å². The average molecular weight is 369 g/mol. The van der Waals surface area contributed by atoms with Gasteiger partial charge in [-0.05, 0) is 30.5 Å². The van der Waals surface area contributed by atoms with Gasteiger partial charge in [0.1, 0.15) is 5.75 Å². The van der Waals surface area contributed by atoms with Gasteiger partial charge in [-0.3, -0.25) is 4.79 Å². The molecule has 0 unspecified atom stereocenters. The van der Waals surface area contributed by atoms with Gasteiger partial charge in [0.2, 0.25) is 5.91 Å². The first-order valence-electron chi connectivity index (χ1n) is 8.31. The molecule has 1 fully saturated rings. The smallest absolute Gasteiger partial charge is 0.281 e. The van der Waals surface area contributed by atoms with Crippen LogP contribution < -0.4 is 4.74 Å². The Morgan fingerprint density at radius 2 is 1.88 bits per heavy atom.